The summed E-state index contributed by atoms with van der Waals surface area (Å²) in [4.78, 5) is 0. The van der Waals surface area contributed by atoms with Gasteiger partial charge in [0.1, 0.15) is 0 Å². The minimum absolute atomic E-state index is 0.270. The second-order valence-electron chi connectivity index (χ2n) is 3.43. The van der Waals surface area contributed by atoms with Gasteiger partial charge in [-0.05, 0) is 25.0 Å². The van der Waals surface area contributed by atoms with E-state index in [-0.39, 0.29) is 6.04 Å². The highest BCUT2D eigenvalue weighted by Gasteiger charge is 2.30. The van der Waals surface area contributed by atoms with Crippen molar-refractivity contribution in [3.05, 3.63) is 35.4 Å². The molecule has 0 aliphatic rings. The Labute approximate surface area is 85.7 Å². The summed E-state index contributed by atoms with van der Waals surface area (Å²) in [7, 11) is 0. The van der Waals surface area contributed by atoms with Crippen LogP contribution >= 0.6 is 0 Å². The Morgan fingerprint density at radius 1 is 1.40 bits per heavy atom. The molecule has 0 aliphatic heterocycles. The summed E-state index contributed by atoms with van der Waals surface area (Å²) in [6.07, 6.45) is -3.97. The van der Waals surface area contributed by atoms with Gasteiger partial charge in [-0.1, -0.05) is 18.2 Å². The molecular formula is C10H12F3NO. The molecule has 0 aromatic heterocycles. The van der Waals surface area contributed by atoms with Gasteiger partial charge in [0.15, 0.2) is 0 Å². The number of hydrogen-bond donors (Lipinski definition) is 2. The summed E-state index contributed by atoms with van der Waals surface area (Å²) in [5, 5.41) is 8.55. The highest BCUT2D eigenvalue weighted by molar-refractivity contribution is 5.26. The van der Waals surface area contributed by atoms with Crippen molar-refractivity contribution in [3.8, 4) is 0 Å². The van der Waals surface area contributed by atoms with Crippen LogP contribution < -0.4 is 5.48 Å². The fourth-order valence-electron chi connectivity index (χ4n) is 1.27. The molecule has 1 aromatic rings. The molecule has 0 bridgehead atoms. The third kappa shape index (κ3) is 3.53. The number of benzene rings is 1. The second-order valence-corrected chi connectivity index (χ2v) is 3.43. The van der Waals surface area contributed by atoms with Gasteiger partial charge in [-0.15, -0.1) is 0 Å². The van der Waals surface area contributed by atoms with Crippen LogP contribution in [0.2, 0.25) is 0 Å². The Morgan fingerprint density at radius 2 is 2.07 bits per heavy atom. The van der Waals surface area contributed by atoms with Crippen molar-refractivity contribution in [1.29, 1.82) is 0 Å². The smallest absolute Gasteiger partial charge is 0.317 e. The molecule has 0 heterocycles. The minimum atomic E-state index is -4.31. The first-order chi connectivity index (χ1) is 6.93. The SMILES string of the molecule is CC(Cc1cccc(C(F)(F)F)c1)NO. The van der Waals surface area contributed by atoms with Crippen LogP contribution in [-0.4, -0.2) is 11.2 Å². The topological polar surface area (TPSA) is 32.3 Å². The maximum atomic E-state index is 12.3. The predicted octanol–water partition coefficient (Wildman–Crippen LogP) is 2.62. The van der Waals surface area contributed by atoms with Crippen LogP contribution in [0.4, 0.5) is 13.2 Å². The Hall–Kier alpha value is -1.07. The van der Waals surface area contributed by atoms with Crippen molar-refractivity contribution in [3.63, 3.8) is 0 Å². The summed E-state index contributed by atoms with van der Waals surface area (Å²) >= 11 is 0. The second kappa shape index (κ2) is 4.63. The molecule has 0 radical (unpaired) electrons. The number of hydroxylamine groups is 1. The zero-order valence-electron chi connectivity index (χ0n) is 8.17. The number of nitrogens with one attached hydrogen (secondary N) is 1. The summed E-state index contributed by atoms with van der Waals surface area (Å²) in [5.74, 6) is 0. The predicted molar refractivity (Wildman–Crippen MR) is 49.5 cm³/mol. The van der Waals surface area contributed by atoms with Crippen molar-refractivity contribution >= 4 is 0 Å². The zero-order chi connectivity index (χ0) is 11.5. The maximum Gasteiger partial charge on any atom is 0.416 e. The van der Waals surface area contributed by atoms with Gasteiger partial charge in [0, 0.05) is 6.04 Å². The lowest BCUT2D eigenvalue weighted by molar-refractivity contribution is -0.137. The number of hydrogen-bond acceptors (Lipinski definition) is 2. The maximum absolute atomic E-state index is 12.3. The molecule has 0 fully saturated rings. The first-order valence-corrected chi connectivity index (χ1v) is 4.49. The molecule has 0 spiro atoms. The highest BCUT2D eigenvalue weighted by atomic mass is 19.4. The van der Waals surface area contributed by atoms with Gasteiger partial charge in [-0.2, -0.15) is 13.2 Å². The third-order valence-corrected chi connectivity index (χ3v) is 2.02. The molecule has 0 aliphatic carbocycles. The largest absolute Gasteiger partial charge is 0.416 e. The summed E-state index contributed by atoms with van der Waals surface area (Å²) in [6, 6.07) is 4.81. The molecule has 15 heavy (non-hydrogen) atoms. The van der Waals surface area contributed by atoms with Gasteiger partial charge >= 0.3 is 6.18 Å². The number of alkyl halides is 3. The van der Waals surface area contributed by atoms with E-state index in [2.05, 4.69) is 0 Å². The minimum Gasteiger partial charge on any atom is -0.317 e. The average molecular weight is 219 g/mol. The van der Waals surface area contributed by atoms with Crippen molar-refractivity contribution in [2.24, 2.45) is 0 Å². The van der Waals surface area contributed by atoms with E-state index in [1.54, 1.807) is 13.0 Å². The molecule has 1 rings (SSSR count). The molecular weight excluding hydrogens is 207 g/mol. The van der Waals surface area contributed by atoms with Gasteiger partial charge in [-0.3, -0.25) is 0 Å². The lowest BCUT2D eigenvalue weighted by Gasteiger charge is -2.11. The fraction of sp³-hybridized carbons (Fsp3) is 0.400. The highest BCUT2D eigenvalue weighted by Crippen LogP contribution is 2.29. The zero-order valence-corrected chi connectivity index (χ0v) is 8.17. The van der Waals surface area contributed by atoms with E-state index in [9.17, 15) is 13.2 Å². The van der Waals surface area contributed by atoms with Crippen molar-refractivity contribution in [1.82, 2.24) is 5.48 Å². The Kier molecular flexibility index (Phi) is 3.71. The fourth-order valence-corrected chi connectivity index (χ4v) is 1.27. The Bertz CT molecular complexity index is 325. The van der Waals surface area contributed by atoms with Crippen LogP contribution in [0.3, 0.4) is 0 Å². The van der Waals surface area contributed by atoms with Crippen molar-refractivity contribution in [2.75, 3.05) is 0 Å². The van der Waals surface area contributed by atoms with E-state index >= 15 is 0 Å². The van der Waals surface area contributed by atoms with E-state index in [4.69, 9.17) is 5.21 Å². The van der Waals surface area contributed by atoms with E-state index in [0.29, 0.717) is 12.0 Å². The average Bonchev–Trinajstić information content (AvgIpc) is 2.17. The molecule has 1 aromatic carbocycles. The van der Waals surface area contributed by atoms with E-state index in [1.165, 1.54) is 6.07 Å². The standard InChI is InChI=1S/C10H12F3NO/c1-7(14-15)5-8-3-2-4-9(6-8)10(11,12)13/h2-4,6-7,14-15H,5H2,1H3. The molecule has 1 atom stereocenters. The molecule has 0 saturated heterocycles. The Balaban J connectivity index is 2.84. The van der Waals surface area contributed by atoms with Crippen molar-refractivity contribution < 1.29 is 18.4 Å². The lowest BCUT2D eigenvalue weighted by Crippen LogP contribution is -2.24. The van der Waals surface area contributed by atoms with Crippen LogP contribution in [-0.2, 0) is 12.6 Å². The summed E-state index contributed by atoms with van der Waals surface area (Å²) < 4.78 is 37.0. The van der Waals surface area contributed by atoms with Gasteiger partial charge in [0.05, 0.1) is 5.56 Å². The van der Waals surface area contributed by atoms with Crippen LogP contribution in [0.15, 0.2) is 24.3 Å². The third-order valence-electron chi connectivity index (χ3n) is 2.02. The van der Waals surface area contributed by atoms with Gasteiger partial charge in [0.2, 0.25) is 0 Å². The van der Waals surface area contributed by atoms with Gasteiger partial charge in [0.25, 0.3) is 0 Å². The molecule has 0 saturated carbocycles. The molecule has 1 unspecified atom stereocenters. The van der Waals surface area contributed by atoms with Crippen LogP contribution in [0.5, 0.6) is 0 Å². The van der Waals surface area contributed by atoms with E-state index in [0.717, 1.165) is 12.1 Å². The van der Waals surface area contributed by atoms with Crippen molar-refractivity contribution in [2.45, 2.75) is 25.6 Å². The van der Waals surface area contributed by atoms with E-state index in [1.807, 2.05) is 5.48 Å². The van der Waals surface area contributed by atoms with Crippen LogP contribution in [0, 0.1) is 0 Å². The monoisotopic (exact) mass is 219 g/mol. The first-order valence-electron chi connectivity index (χ1n) is 4.49. The molecule has 2 nitrogen and oxygen atoms in total. The lowest BCUT2D eigenvalue weighted by atomic mass is 10.0. The summed E-state index contributed by atoms with van der Waals surface area (Å²) in [5.41, 5.74) is 1.87. The molecule has 0 amide bonds. The molecule has 5 heteroatoms. The first kappa shape index (κ1) is 12.0. The Morgan fingerprint density at radius 3 is 2.60 bits per heavy atom. The van der Waals surface area contributed by atoms with Gasteiger partial charge in [-0.25, -0.2) is 5.48 Å². The number of rotatable bonds is 3. The van der Waals surface area contributed by atoms with E-state index < -0.39 is 11.7 Å². The number of halogens is 3. The molecule has 84 valence electrons. The van der Waals surface area contributed by atoms with Crippen LogP contribution in [0.1, 0.15) is 18.1 Å². The van der Waals surface area contributed by atoms with Gasteiger partial charge < -0.3 is 5.21 Å². The van der Waals surface area contributed by atoms with Crippen LogP contribution in [0.25, 0.3) is 0 Å². The molecule has 2 N–H and O–H groups in total. The quantitative estimate of drug-likeness (QED) is 0.766. The normalized spacial score (nSPS) is 13.9. The summed E-state index contributed by atoms with van der Waals surface area (Å²) in [6.45, 7) is 1.68.